The predicted octanol–water partition coefficient (Wildman–Crippen LogP) is 3.61. The van der Waals surface area contributed by atoms with Gasteiger partial charge in [-0.1, -0.05) is 0 Å². The minimum absolute atomic E-state index is 0.167. The minimum atomic E-state index is 0.167. The smallest absolute Gasteiger partial charge is 0.133 e. The molecule has 18 heavy (non-hydrogen) atoms. The lowest BCUT2D eigenvalue weighted by Crippen LogP contribution is -2.36. The fraction of sp³-hybridized carbons (Fsp3) is 0.571. The van der Waals surface area contributed by atoms with Crippen LogP contribution in [0.15, 0.2) is 22.7 Å². The summed E-state index contributed by atoms with van der Waals surface area (Å²) < 4.78 is 11.8. The Morgan fingerprint density at radius 1 is 1.28 bits per heavy atom. The molecule has 0 fully saturated rings. The molecule has 0 saturated carbocycles. The van der Waals surface area contributed by atoms with Crippen molar-refractivity contribution in [3.63, 3.8) is 0 Å². The molecule has 0 radical (unpaired) electrons. The molecule has 0 atom stereocenters. The zero-order valence-electron chi connectivity index (χ0n) is 11.5. The maximum absolute atomic E-state index is 5.71. The summed E-state index contributed by atoms with van der Waals surface area (Å²) in [6, 6.07) is 5.72. The van der Waals surface area contributed by atoms with Gasteiger partial charge in [-0.2, -0.15) is 0 Å². The Morgan fingerprint density at radius 2 is 2.00 bits per heavy atom. The van der Waals surface area contributed by atoms with Crippen LogP contribution in [0.1, 0.15) is 27.2 Å². The average molecular weight is 316 g/mol. The lowest BCUT2D eigenvalue weighted by Gasteiger charge is -2.20. The third kappa shape index (κ3) is 5.74. The van der Waals surface area contributed by atoms with Gasteiger partial charge in [0.25, 0.3) is 0 Å². The molecule has 0 saturated heterocycles. The van der Waals surface area contributed by atoms with E-state index in [0.29, 0.717) is 6.61 Å². The molecule has 3 nitrogen and oxygen atoms in total. The number of methoxy groups -OCH3 is 1. The molecule has 1 rings (SSSR count). The van der Waals surface area contributed by atoms with Gasteiger partial charge >= 0.3 is 0 Å². The van der Waals surface area contributed by atoms with Crippen LogP contribution >= 0.6 is 15.9 Å². The van der Waals surface area contributed by atoms with Gasteiger partial charge < -0.3 is 14.8 Å². The van der Waals surface area contributed by atoms with Crippen molar-refractivity contribution in [2.24, 2.45) is 0 Å². The Bertz CT molecular complexity index is 375. The van der Waals surface area contributed by atoms with Crippen LogP contribution < -0.4 is 14.8 Å². The van der Waals surface area contributed by atoms with Crippen molar-refractivity contribution in [1.29, 1.82) is 0 Å². The van der Waals surface area contributed by atoms with E-state index in [4.69, 9.17) is 9.47 Å². The highest BCUT2D eigenvalue weighted by molar-refractivity contribution is 9.10. The first-order chi connectivity index (χ1) is 8.42. The van der Waals surface area contributed by atoms with Crippen LogP contribution in [0, 0.1) is 0 Å². The lowest BCUT2D eigenvalue weighted by atomic mass is 10.1. The van der Waals surface area contributed by atoms with Gasteiger partial charge in [-0.15, -0.1) is 0 Å². The fourth-order valence-corrected chi connectivity index (χ4v) is 1.92. The number of hydrogen-bond donors (Lipinski definition) is 1. The Balaban J connectivity index is 2.31. The van der Waals surface area contributed by atoms with E-state index in [0.717, 1.165) is 28.9 Å². The number of hydrogen-bond acceptors (Lipinski definition) is 3. The standard InChI is InChI=1S/C14H22BrNO2/c1-14(2,3)16-8-5-9-18-13-7-6-11(17-4)10-12(13)15/h6-7,10,16H,5,8-9H2,1-4H3. The molecule has 0 spiro atoms. The van der Waals surface area contributed by atoms with Crippen molar-refractivity contribution in [3.8, 4) is 11.5 Å². The molecule has 102 valence electrons. The second-order valence-corrected chi connectivity index (χ2v) is 6.03. The highest BCUT2D eigenvalue weighted by Gasteiger charge is 2.07. The van der Waals surface area contributed by atoms with Gasteiger partial charge in [-0.25, -0.2) is 0 Å². The Hall–Kier alpha value is -0.740. The molecule has 0 unspecified atom stereocenters. The Labute approximate surface area is 118 Å². The maximum atomic E-state index is 5.71. The molecule has 1 aromatic rings. The molecular weight excluding hydrogens is 294 g/mol. The van der Waals surface area contributed by atoms with Crippen LogP contribution in [0.25, 0.3) is 0 Å². The highest BCUT2D eigenvalue weighted by Crippen LogP contribution is 2.29. The molecule has 1 aromatic carbocycles. The van der Waals surface area contributed by atoms with Gasteiger partial charge in [0.2, 0.25) is 0 Å². The average Bonchev–Trinajstić information content (AvgIpc) is 2.29. The van der Waals surface area contributed by atoms with Crippen molar-refractivity contribution >= 4 is 15.9 Å². The monoisotopic (exact) mass is 315 g/mol. The van der Waals surface area contributed by atoms with Gasteiger partial charge in [0.1, 0.15) is 11.5 Å². The van der Waals surface area contributed by atoms with E-state index in [1.807, 2.05) is 18.2 Å². The molecule has 4 heteroatoms. The number of benzene rings is 1. The predicted molar refractivity (Wildman–Crippen MR) is 78.6 cm³/mol. The highest BCUT2D eigenvalue weighted by atomic mass is 79.9. The van der Waals surface area contributed by atoms with Crippen molar-refractivity contribution in [2.75, 3.05) is 20.3 Å². The normalized spacial score (nSPS) is 11.4. The van der Waals surface area contributed by atoms with E-state index in [-0.39, 0.29) is 5.54 Å². The van der Waals surface area contributed by atoms with E-state index in [1.165, 1.54) is 0 Å². The van der Waals surface area contributed by atoms with Crippen LogP contribution in [-0.2, 0) is 0 Å². The number of ether oxygens (including phenoxy) is 2. The minimum Gasteiger partial charge on any atom is -0.497 e. The zero-order valence-corrected chi connectivity index (χ0v) is 13.1. The molecule has 0 aliphatic carbocycles. The van der Waals surface area contributed by atoms with Gasteiger partial charge in [-0.05, 0) is 67.9 Å². The van der Waals surface area contributed by atoms with Crippen molar-refractivity contribution in [1.82, 2.24) is 5.32 Å². The molecule has 0 aromatic heterocycles. The summed E-state index contributed by atoms with van der Waals surface area (Å²) in [4.78, 5) is 0. The molecular formula is C14H22BrNO2. The second kappa shape index (κ2) is 7.00. The molecule has 0 amide bonds. The van der Waals surface area contributed by atoms with Crippen LogP contribution in [0.3, 0.4) is 0 Å². The van der Waals surface area contributed by atoms with Gasteiger partial charge in [0.15, 0.2) is 0 Å². The number of nitrogens with one attached hydrogen (secondary N) is 1. The largest absolute Gasteiger partial charge is 0.497 e. The summed E-state index contributed by atoms with van der Waals surface area (Å²) >= 11 is 3.47. The molecule has 0 aliphatic rings. The summed E-state index contributed by atoms with van der Waals surface area (Å²) in [5.74, 6) is 1.68. The van der Waals surface area contributed by atoms with E-state index >= 15 is 0 Å². The van der Waals surface area contributed by atoms with Crippen molar-refractivity contribution in [3.05, 3.63) is 22.7 Å². The summed E-state index contributed by atoms with van der Waals surface area (Å²) in [5, 5.41) is 3.43. The molecule has 1 N–H and O–H groups in total. The van der Waals surface area contributed by atoms with Gasteiger partial charge in [0, 0.05) is 5.54 Å². The van der Waals surface area contributed by atoms with E-state index in [9.17, 15) is 0 Å². The van der Waals surface area contributed by atoms with Crippen LogP contribution in [0.5, 0.6) is 11.5 Å². The van der Waals surface area contributed by atoms with Crippen LogP contribution in [0.4, 0.5) is 0 Å². The summed E-state index contributed by atoms with van der Waals surface area (Å²) in [6.07, 6.45) is 0.982. The first kappa shape index (κ1) is 15.3. The quantitative estimate of drug-likeness (QED) is 0.813. The van der Waals surface area contributed by atoms with E-state index in [2.05, 4.69) is 42.0 Å². The van der Waals surface area contributed by atoms with Crippen molar-refractivity contribution < 1.29 is 9.47 Å². The molecule has 0 aliphatic heterocycles. The van der Waals surface area contributed by atoms with Gasteiger partial charge in [0.05, 0.1) is 18.2 Å². The SMILES string of the molecule is COc1ccc(OCCCNC(C)(C)C)c(Br)c1. The van der Waals surface area contributed by atoms with E-state index in [1.54, 1.807) is 7.11 Å². The maximum Gasteiger partial charge on any atom is 0.133 e. The summed E-state index contributed by atoms with van der Waals surface area (Å²) in [7, 11) is 1.65. The fourth-order valence-electron chi connectivity index (χ4n) is 1.44. The van der Waals surface area contributed by atoms with Crippen LogP contribution in [-0.4, -0.2) is 25.8 Å². The number of halogens is 1. The van der Waals surface area contributed by atoms with E-state index < -0.39 is 0 Å². The van der Waals surface area contributed by atoms with Crippen LogP contribution in [0.2, 0.25) is 0 Å². The lowest BCUT2D eigenvalue weighted by molar-refractivity contribution is 0.296. The van der Waals surface area contributed by atoms with Crippen molar-refractivity contribution in [2.45, 2.75) is 32.7 Å². The summed E-state index contributed by atoms with van der Waals surface area (Å²) in [6.45, 7) is 8.14. The summed E-state index contributed by atoms with van der Waals surface area (Å²) in [5.41, 5.74) is 0.167. The second-order valence-electron chi connectivity index (χ2n) is 5.18. The first-order valence-electron chi connectivity index (χ1n) is 6.14. The third-order valence-electron chi connectivity index (χ3n) is 2.37. The number of rotatable bonds is 6. The Kier molecular flexibility index (Phi) is 5.96. The topological polar surface area (TPSA) is 30.5 Å². The molecule has 0 heterocycles. The third-order valence-corrected chi connectivity index (χ3v) is 2.99. The van der Waals surface area contributed by atoms with Gasteiger partial charge in [-0.3, -0.25) is 0 Å². The Morgan fingerprint density at radius 3 is 2.56 bits per heavy atom. The first-order valence-corrected chi connectivity index (χ1v) is 6.93. The zero-order chi connectivity index (χ0) is 13.6. The molecule has 0 bridgehead atoms.